The first kappa shape index (κ1) is 31.2. The summed E-state index contributed by atoms with van der Waals surface area (Å²) in [4.78, 5) is 9.36. The lowest BCUT2D eigenvalue weighted by atomic mass is 9.84. The predicted molar refractivity (Wildman–Crippen MR) is 231 cm³/mol. The van der Waals surface area contributed by atoms with Crippen LogP contribution in [-0.4, -0.2) is 14.5 Å². The second kappa shape index (κ2) is 12.6. The molecule has 0 atom stereocenters. The minimum atomic E-state index is 1.08. The van der Waals surface area contributed by atoms with Gasteiger partial charge in [-0.05, 0) is 108 Å². The van der Waals surface area contributed by atoms with Crippen LogP contribution < -0.4 is 0 Å². The molecule has 55 heavy (non-hydrogen) atoms. The molecule has 0 saturated carbocycles. The first-order valence-corrected chi connectivity index (χ1v) is 18.7. The Morgan fingerprint density at radius 3 is 1.71 bits per heavy atom. The highest BCUT2D eigenvalue weighted by Crippen LogP contribution is 2.45. The van der Waals surface area contributed by atoms with E-state index in [1.165, 1.54) is 65.3 Å². The number of pyridine rings is 2. The molecule has 0 amide bonds. The SMILES string of the molecule is c1ccc(-n2c3ccc(-c4cccc(-c5cncc(-c6c7ccccc7c(-c7cccc8ccccc78)c7ccccc67)c5)c4)cc3c3ccncc32)cc1. The first-order valence-electron chi connectivity index (χ1n) is 18.7. The van der Waals surface area contributed by atoms with E-state index in [9.17, 15) is 0 Å². The normalized spacial score (nSPS) is 11.6. The zero-order chi connectivity index (χ0) is 36.3. The second-order valence-electron chi connectivity index (χ2n) is 14.2. The number of fused-ring (bicyclic) bond motifs is 6. The molecule has 0 N–H and O–H groups in total. The first-order chi connectivity index (χ1) is 27.3. The summed E-state index contributed by atoms with van der Waals surface area (Å²) in [6.45, 7) is 0. The van der Waals surface area contributed by atoms with Gasteiger partial charge in [-0.15, -0.1) is 0 Å². The second-order valence-corrected chi connectivity index (χ2v) is 14.2. The van der Waals surface area contributed by atoms with E-state index in [1.807, 2.05) is 24.8 Å². The van der Waals surface area contributed by atoms with Crippen molar-refractivity contribution in [2.45, 2.75) is 0 Å². The zero-order valence-electron chi connectivity index (χ0n) is 29.9. The third kappa shape index (κ3) is 5.05. The van der Waals surface area contributed by atoms with Crippen molar-refractivity contribution in [1.29, 1.82) is 0 Å². The molecule has 3 heterocycles. The van der Waals surface area contributed by atoms with Crippen molar-refractivity contribution in [3.63, 3.8) is 0 Å². The van der Waals surface area contributed by atoms with Crippen LogP contribution in [0.4, 0.5) is 0 Å². The molecule has 8 aromatic carbocycles. The van der Waals surface area contributed by atoms with E-state index >= 15 is 0 Å². The lowest BCUT2D eigenvalue weighted by Gasteiger charge is -2.19. The molecular formula is C52H33N3. The minimum absolute atomic E-state index is 1.08. The minimum Gasteiger partial charge on any atom is -0.308 e. The van der Waals surface area contributed by atoms with Crippen molar-refractivity contribution in [3.05, 3.63) is 201 Å². The van der Waals surface area contributed by atoms with Gasteiger partial charge in [0.15, 0.2) is 0 Å². The number of nitrogens with zero attached hydrogens (tertiary/aromatic N) is 3. The average Bonchev–Trinajstić information content (AvgIpc) is 3.59. The molecule has 3 aromatic heterocycles. The fourth-order valence-corrected chi connectivity index (χ4v) is 8.69. The largest absolute Gasteiger partial charge is 0.308 e. The molecule has 0 spiro atoms. The van der Waals surface area contributed by atoms with Gasteiger partial charge in [-0.2, -0.15) is 0 Å². The van der Waals surface area contributed by atoms with Gasteiger partial charge in [0.25, 0.3) is 0 Å². The molecule has 0 aliphatic carbocycles. The van der Waals surface area contributed by atoms with Gasteiger partial charge >= 0.3 is 0 Å². The van der Waals surface area contributed by atoms with Crippen LogP contribution in [0, 0.1) is 0 Å². The van der Waals surface area contributed by atoms with Crippen molar-refractivity contribution in [1.82, 2.24) is 14.5 Å². The number of aromatic nitrogens is 3. The Balaban J connectivity index is 1.05. The predicted octanol–water partition coefficient (Wildman–Crippen LogP) is 13.7. The standard InChI is InChI=1S/C52H33N3/c1-2-16-40(17-3-1)55-49-25-24-37(30-48(49)42-26-27-53-33-50(42)55)35-14-10-15-36(28-35)38-29-39(32-54-31-38)51-44-19-6-8-21-46(44)52(47-22-9-7-20-45(47)51)43-23-11-13-34-12-4-5-18-41(34)43/h1-33H. The van der Waals surface area contributed by atoms with E-state index in [1.54, 1.807) is 0 Å². The van der Waals surface area contributed by atoms with Gasteiger partial charge in [-0.3, -0.25) is 9.97 Å². The summed E-state index contributed by atoms with van der Waals surface area (Å²) in [7, 11) is 0. The number of hydrogen-bond donors (Lipinski definition) is 0. The van der Waals surface area contributed by atoms with Gasteiger partial charge in [-0.1, -0.05) is 133 Å². The molecule has 0 fully saturated rings. The van der Waals surface area contributed by atoms with E-state index in [0.29, 0.717) is 0 Å². The van der Waals surface area contributed by atoms with E-state index in [-0.39, 0.29) is 0 Å². The Kier molecular flexibility index (Phi) is 7.17. The third-order valence-electron chi connectivity index (χ3n) is 11.1. The summed E-state index contributed by atoms with van der Waals surface area (Å²) < 4.78 is 2.30. The number of rotatable bonds is 5. The molecule has 256 valence electrons. The average molecular weight is 700 g/mol. The van der Waals surface area contributed by atoms with Gasteiger partial charge in [0.05, 0.1) is 17.2 Å². The molecule has 0 unspecified atom stereocenters. The molecule has 11 rings (SSSR count). The summed E-state index contributed by atoms with van der Waals surface area (Å²) in [5, 5.41) is 9.81. The van der Waals surface area contributed by atoms with Gasteiger partial charge in [-0.25, -0.2) is 0 Å². The molecule has 0 aliphatic heterocycles. The molecule has 0 aliphatic rings. The van der Waals surface area contributed by atoms with Crippen LogP contribution in [0.25, 0.3) is 104 Å². The Labute approximate surface area is 318 Å². The highest BCUT2D eigenvalue weighted by atomic mass is 15.0. The monoisotopic (exact) mass is 699 g/mol. The van der Waals surface area contributed by atoms with Crippen LogP contribution in [0.2, 0.25) is 0 Å². The number of para-hydroxylation sites is 1. The van der Waals surface area contributed by atoms with Crippen LogP contribution in [0.5, 0.6) is 0 Å². The summed E-state index contributed by atoms with van der Waals surface area (Å²) in [6.07, 6.45) is 7.85. The highest BCUT2D eigenvalue weighted by Gasteiger charge is 2.19. The van der Waals surface area contributed by atoms with E-state index in [2.05, 4.69) is 185 Å². The fraction of sp³-hybridized carbons (Fsp3) is 0. The van der Waals surface area contributed by atoms with E-state index < -0.39 is 0 Å². The Hall–Kier alpha value is -7.36. The van der Waals surface area contributed by atoms with Crippen LogP contribution in [0.15, 0.2) is 201 Å². The molecule has 0 radical (unpaired) electrons. The van der Waals surface area contributed by atoms with E-state index in [4.69, 9.17) is 4.98 Å². The molecule has 0 saturated heterocycles. The Bertz CT molecular complexity index is 3200. The maximum Gasteiger partial charge on any atom is 0.0724 e. The quantitative estimate of drug-likeness (QED) is 0.167. The molecule has 3 heteroatoms. The van der Waals surface area contributed by atoms with E-state index in [0.717, 1.165) is 39.0 Å². The van der Waals surface area contributed by atoms with Crippen LogP contribution in [0.3, 0.4) is 0 Å². The van der Waals surface area contributed by atoms with Gasteiger partial charge in [0, 0.05) is 46.2 Å². The van der Waals surface area contributed by atoms with Crippen LogP contribution in [-0.2, 0) is 0 Å². The molecule has 0 bridgehead atoms. The summed E-state index contributed by atoms with van der Waals surface area (Å²) in [5.74, 6) is 0. The lowest BCUT2D eigenvalue weighted by Crippen LogP contribution is -1.93. The molecule has 11 aromatic rings. The Morgan fingerprint density at radius 2 is 0.927 bits per heavy atom. The maximum atomic E-state index is 4.87. The van der Waals surface area contributed by atoms with Crippen LogP contribution >= 0.6 is 0 Å². The molecular weight excluding hydrogens is 667 g/mol. The van der Waals surface area contributed by atoms with Crippen molar-refractivity contribution in [2.24, 2.45) is 0 Å². The third-order valence-corrected chi connectivity index (χ3v) is 11.1. The van der Waals surface area contributed by atoms with Crippen molar-refractivity contribution >= 4 is 54.1 Å². The summed E-state index contributed by atoms with van der Waals surface area (Å²) in [5.41, 5.74) is 12.8. The van der Waals surface area contributed by atoms with Crippen molar-refractivity contribution in [3.8, 4) is 50.2 Å². The summed E-state index contributed by atoms with van der Waals surface area (Å²) in [6, 6.07) is 63.6. The van der Waals surface area contributed by atoms with Crippen LogP contribution in [0.1, 0.15) is 0 Å². The lowest BCUT2D eigenvalue weighted by molar-refractivity contribution is 1.17. The maximum absolute atomic E-state index is 4.87. The number of benzene rings is 8. The van der Waals surface area contributed by atoms with Gasteiger partial charge in [0.2, 0.25) is 0 Å². The van der Waals surface area contributed by atoms with Gasteiger partial charge in [0.1, 0.15) is 0 Å². The van der Waals surface area contributed by atoms with Crippen molar-refractivity contribution < 1.29 is 0 Å². The fourth-order valence-electron chi connectivity index (χ4n) is 8.69. The van der Waals surface area contributed by atoms with Crippen molar-refractivity contribution in [2.75, 3.05) is 0 Å². The smallest absolute Gasteiger partial charge is 0.0724 e. The zero-order valence-corrected chi connectivity index (χ0v) is 29.9. The molecule has 3 nitrogen and oxygen atoms in total. The topological polar surface area (TPSA) is 30.7 Å². The summed E-state index contributed by atoms with van der Waals surface area (Å²) >= 11 is 0. The van der Waals surface area contributed by atoms with Gasteiger partial charge < -0.3 is 4.57 Å². The highest BCUT2D eigenvalue weighted by molar-refractivity contribution is 6.23. The number of hydrogen-bond acceptors (Lipinski definition) is 2. The Morgan fingerprint density at radius 1 is 0.327 bits per heavy atom.